The van der Waals surface area contributed by atoms with E-state index in [1.807, 2.05) is 6.92 Å². The van der Waals surface area contributed by atoms with E-state index >= 15 is 0 Å². The minimum atomic E-state index is 0.341. The van der Waals surface area contributed by atoms with Gasteiger partial charge >= 0.3 is 0 Å². The van der Waals surface area contributed by atoms with E-state index in [2.05, 4.69) is 16.8 Å². The maximum absolute atomic E-state index is 6.91. The summed E-state index contributed by atoms with van der Waals surface area (Å²) in [6.07, 6.45) is 2.85. The van der Waals surface area contributed by atoms with Crippen LogP contribution in [0.15, 0.2) is 11.0 Å². The molecule has 0 aliphatic heterocycles. The van der Waals surface area contributed by atoms with Crippen molar-refractivity contribution in [3.8, 4) is 0 Å². The molecule has 0 fully saturated rings. The predicted molar refractivity (Wildman–Crippen MR) is 46.1 cm³/mol. The Balaban J connectivity index is 2.76. The molecule has 0 atom stereocenters. The normalized spacial score (nSPS) is 9.75. The summed E-state index contributed by atoms with van der Waals surface area (Å²) in [7, 11) is 0. The Morgan fingerprint density at radius 3 is 3.00 bits per heavy atom. The maximum atomic E-state index is 6.91. The van der Waals surface area contributed by atoms with Crippen LogP contribution in [0.5, 0.6) is 0 Å². The second-order valence-corrected chi connectivity index (χ2v) is 2.42. The van der Waals surface area contributed by atoms with Gasteiger partial charge in [-0.1, -0.05) is 13.5 Å². The lowest BCUT2D eigenvalue weighted by Crippen LogP contribution is -1.81. The summed E-state index contributed by atoms with van der Waals surface area (Å²) in [6.45, 7) is 5.61. The summed E-state index contributed by atoms with van der Waals surface area (Å²) in [5.41, 5.74) is 0.449. The topological polar surface area (TPSA) is 62.8 Å². The van der Waals surface area contributed by atoms with Crippen molar-refractivity contribution in [3.63, 3.8) is 0 Å². The SMILES string of the molecule is C=C(C=N)c1nnc(CCC)o1. The lowest BCUT2D eigenvalue weighted by molar-refractivity contribution is 0.481. The molecular weight excluding hydrogens is 154 g/mol. The highest BCUT2D eigenvalue weighted by Gasteiger charge is 2.05. The summed E-state index contributed by atoms with van der Waals surface area (Å²) in [4.78, 5) is 0. The molecule has 0 bridgehead atoms. The fourth-order valence-corrected chi connectivity index (χ4v) is 0.760. The Bertz CT molecular complexity index is 290. The highest BCUT2D eigenvalue weighted by molar-refractivity contribution is 6.05. The van der Waals surface area contributed by atoms with Crippen molar-refractivity contribution in [2.45, 2.75) is 19.8 Å². The molecule has 4 heteroatoms. The zero-order valence-corrected chi connectivity index (χ0v) is 7.00. The first kappa shape index (κ1) is 8.64. The molecular formula is C8H11N3O. The standard InChI is InChI=1S/C8H11N3O/c1-3-4-7-10-11-8(12-7)6(2)5-9/h5,9H,2-4H2,1H3. The first-order chi connectivity index (χ1) is 5.77. The van der Waals surface area contributed by atoms with Crippen molar-refractivity contribution in [1.82, 2.24) is 10.2 Å². The number of hydrogen-bond acceptors (Lipinski definition) is 4. The average molecular weight is 165 g/mol. The molecule has 1 heterocycles. The Kier molecular flexibility index (Phi) is 2.74. The van der Waals surface area contributed by atoms with Crippen LogP contribution >= 0.6 is 0 Å². The third-order valence-electron chi connectivity index (χ3n) is 1.38. The number of rotatable bonds is 4. The molecule has 0 amide bonds. The van der Waals surface area contributed by atoms with Crippen molar-refractivity contribution in [1.29, 1.82) is 5.41 Å². The molecule has 64 valence electrons. The van der Waals surface area contributed by atoms with E-state index in [0.717, 1.165) is 19.1 Å². The number of allylic oxidation sites excluding steroid dienone is 1. The third-order valence-corrected chi connectivity index (χ3v) is 1.38. The van der Waals surface area contributed by atoms with Crippen LogP contribution in [0.2, 0.25) is 0 Å². The fourth-order valence-electron chi connectivity index (χ4n) is 0.760. The Morgan fingerprint density at radius 2 is 2.42 bits per heavy atom. The fraction of sp³-hybridized carbons (Fsp3) is 0.375. The first-order valence-corrected chi connectivity index (χ1v) is 3.80. The third kappa shape index (κ3) is 1.78. The minimum absolute atomic E-state index is 0.341. The quantitative estimate of drug-likeness (QED) is 0.690. The van der Waals surface area contributed by atoms with Crippen molar-refractivity contribution >= 4 is 11.8 Å². The van der Waals surface area contributed by atoms with E-state index in [-0.39, 0.29) is 0 Å². The highest BCUT2D eigenvalue weighted by Crippen LogP contribution is 2.08. The Morgan fingerprint density at radius 1 is 1.67 bits per heavy atom. The van der Waals surface area contributed by atoms with Gasteiger partial charge in [0.05, 0.1) is 0 Å². The van der Waals surface area contributed by atoms with Gasteiger partial charge in [-0.2, -0.15) is 0 Å². The number of aryl methyl sites for hydroxylation is 1. The van der Waals surface area contributed by atoms with Crippen LogP contribution in [-0.2, 0) is 6.42 Å². The minimum Gasteiger partial charge on any atom is -0.421 e. The van der Waals surface area contributed by atoms with Crippen LogP contribution in [0.25, 0.3) is 5.57 Å². The van der Waals surface area contributed by atoms with Gasteiger partial charge < -0.3 is 9.83 Å². The molecule has 0 aliphatic carbocycles. The second kappa shape index (κ2) is 3.80. The van der Waals surface area contributed by atoms with Gasteiger partial charge in [0.25, 0.3) is 0 Å². The number of nitrogens with zero attached hydrogens (tertiary/aromatic N) is 2. The molecule has 0 aliphatic rings. The van der Waals surface area contributed by atoms with Crippen LogP contribution in [0.1, 0.15) is 25.1 Å². The average Bonchev–Trinajstić information content (AvgIpc) is 2.52. The summed E-state index contributed by atoms with van der Waals surface area (Å²) in [6, 6.07) is 0. The lowest BCUT2D eigenvalue weighted by Gasteiger charge is -1.88. The predicted octanol–water partition coefficient (Wildman–Crippen LogP) is 1.68. The van der Waals surface area contributed by atoms with E-state index in [1.165, 1.54) is 0 Å². The molecule has 0 saturated carbocycles. The molecule has 1 N–H and O–H groups in total. The van der Waals surface area contributed by atoms with E-state index in [0.29, 0.717) is 17.4 Å². The Hall–Kier alpha value is -1.45. The van der Waals surface area contributed by atoms with Gasteiger partial charge in [0.15, 0.2) is 0 Å². The molecule has 1 aromatic heterocycles. The van der Waals surface area contributed by atoms with Crippen molar-refractivity contribution in [3.05, 3.63) is 18.4 Å². The van der Waals surface area contributed by atoms with E-state index in [4.69, 9.17) is 9.83 Å². The van der Waals surface area contributed by atoms with Crippen LogP contribution < -0.4 is 0 Å². The smallest absolute Gasteiger partial charge is 0.248 e. The number of nitrogens with one attached hydrogen (secondary N) is 1. The van der Waals surface area contributed by atoms with Crippen molar-refractivity contribution in [2.75, 3.05) is 0 Å². The van der Waals surface area contributed by atoms with Gasteiger partial charge in [0.2, 0.25) is 11.8 Å². The molecule has 0 radical (unpaired) electrons. The number of aromatic nitrogens is 2. The Labute approximate surface area is 70.8 Å². The molecule has 0 unspecified atom stereocenters. The van der Waals surface area contributed by atoms with E-state index in [9.17, 15) is 0 Å². The summed E-state index contributed by atoms with van der Waals surface area (Å²) in [5, 5.41) is 14.4. The summed E-state index contributed by atoms with van der Waals surface area (Å²) >= 11 is 0. The molecule has 1 aromatic rings. The lowest BCUT2D eigenvalue weighted by atomic mass is 10.3. The second-order valence-electron chi connectivity index (χ2n) is 2.42. The zero-order valence-electron chi connectivity index (χ0n) is 7.00. The van der Waals surface area contributed by atoms with Gasteiger partial charge in [0.1, 0.15) is 0 Å². The van der Waals surface area contributed by atoms with E-state index < -0.39 is 0 Å². The van der Waals surface area contributed by atoms with Crippen LogP contribution in [-0.4, -0.2) is 16.4 Å². The maximum Gasteiger partial charge on any atom is 0.248 e. The van der Waals surface area contributed by atoms with Gasteiger partial charge in [-0.15, -0.1) is 10.2 Å². The van der Waals surface area contributed by atoms with E-state index in [1.54, 1.807) is 0 Å². The largest absolute Gasteiger partial charge is 0.421 e. The molecule has 0 saturated heterocycles. The first-order valence-electron chi connectivity index (χ1n) is 3.80. The summed E-state index contributed by atoms with van der Waals surface area (Å²) < 4.78 is 5.20. The van der Waals surface area contributed by atoms with Crippen LogP contribution in [0.4, 0.5) is 0 Å². The number of hydrogen-bond donors (Lipinski definition) is 1. The zero-order chi connectivity index (χ0) is 8.97. The molecule has 1 rings (SSSR count). The monoisotopic (exact) mass is 165 g/mol. The van der Waals surface area contributed by atoms with Crippen molar-refractivity contribution < 1.29 is 4.42 Å². The molecule has 0 spiro atoms. The highest BCUT2D eigenvalue weighted by atomic mass is 16.4. The van der Waals surface area contributed by atoms with Gasteiger partial charge in [0, 0.05) is 18.2 Å². The van der Waals surface area contributed by atoms with Crippen LogP contribution in [0.3, 0.4) is 0 Å². The molecule has 4 nitrogen and oxygen atoms in total. The van der Waals surface area contributed by atoms with Crippen molar-refractivity contribution in [2.24, 2.45) is 0 Å². The van der Waals surface area contributed by atoms with Gasteiger partial charge in [-0.3, -0.25) is 0 Å². The summed E-state index contributed by atoms with van der Waals surface area (Å²) in [5.74, 6) is 0.948. The molecule has 12 heavy (non-hydrogen) atoms. The van der Waals surface area contributed by atoms with Crippen LogP contribution in [0, 0.1) is 5.41 Å². The van der Waals surface area contributed by atoms with Gasteiger partial charge in [-0.25, -0.2) is 0 Å². The van der Waals surface area contributed by atoms with Gasteiger partial charge in [-0.05, 0) is 6.42 Å². The molecule has 0 aromatic carbocycles.